The summed E-state index contributed by atoms with van der Waals surface area (Å²) in [6.45, 7) is 0.329. The molecule has 0 fully saturated rings. The van der Waals surface area contributed by atoms with Gasteiger partial charge >= 0.3 is 0 Å². The number of nitro benzene ring substituents is 1. The topological polar surface area (TPSA) is 77.2 Å². The van der Waals surface area contributed by atoms with E-state index in [-0.39, 0.29) is 11.2 Å². The molecular formula is C13H13N3O3. The monoisotopic (exact) mass is 259 g/mol. The van der Waals surface area contributed by atoms with Crippen molar-refractivity contribution in [1.82, 2.24) is 4.57 Å². The molecule has 0 spiro atoms. The van der Waals surface area contributed by atoms with E-state index in [1.165, 1.54) is 16.7 Å². The Kier molecular flexibility index (Phi) is 3.61. The van der Waals surface area contributed by atoms with E-state index in [9.17, 15) is 14.9 Å². The minimum atomic E-state index is -0.405. The molecular weight excluding hydrogens is 246 g/mol. The van der Waals surface area contributed by atoms with Gasteiger partial charge in [0.15, 0.2) is 0 Å². The van der Waals surface area contributed by atoms with Gasteiger partial charge < -0.3 is 9.88 Å². The molecule has 6 heteroatoms. The number of aromatic nitrogens is 1. The highest BCUT2D eigenvalue weighted by molar-refractivity contribution is 5.45. The van der Waals surface area contributed by atoms with Crippen molar-refractivity contribution in [3.05, 3.63) is 68.6 Å². The van der Waals surface area contributed by atoms with Crippen LogP contribution >= 0.6 is 0 Å². The first-order chi connectivity index (χ1) is 9.08. The first kappa shape index (κ1) is 12.8. The Morgan fingerprint density at radius 1 is 1.26 bits per heavy atom. The Bertz CT molecular complexity index is 664. The summed E-state index contributed by atoms with van der Waals surface area (Å²) in [5.41, 5.74) is 1.32. The summed E-state index contributed by atoms with van der Waals surface area (Å²) in [5.74, 6) is 0. The maximum absolute atomic E-state index is 11.2. The van der Waals surface area contributed by atoms with Gasteiger partial charge in [0.25, 0.3) is 5.69 Å². The van der Waals surface area contributed by atoms with Crippen LogP contribution in [-0.4, -0.2) is 9.49 Å². The van der Waals surface area contributed by atoms with Gasteiger partial charge in [-0.3, -0.25) is 14.9 Å². The van der Waals surface area contributed by atoms with Gasteiger partial charge in [-0.25, -0.2) is 0 Å². The number of hydrogen-bond donors (Lipinski definition) is 1. The van der Waals surface area contributed by atoms with E-state index in [0.717, 1.165) is 5.69 Å². The van der Waals surface area contributed by atoms with E-state index in [1.54, 1.807) is 37.5 Å². The Hall–Kier alpha value is -2.63. The Morgan fingerprint density at radius 3 is 2.68 bits per heavy atom. The average molecular weight is 259 g/mol. The van der Waals surface area contributed by atoms with Crippen LogP contribution in [0.25, 0.3) is 0 Å². The first-order valence-electron chi connectivity index (χ1n) is 5.71. The lowest BCUT2D eigenvalue weighted by molar-refractivity contribution is -0.385. The van der Waals surface area contributed by atoms with Crippen LogP contribution in [0.2, 0.25) is 0 Å². The molecule has 1 N–H and O–H groups in total. The van der Waals surface area contributed by atoms with Crippen molar-refractivity contribution < 1.29 is 4.92 Å². The molecule has 0 saturated carbocycles. The number of nitrogens with zero attached hydrogens (tertiary/aromatic N) is 2. The fourth-order valence-corrected chi connectivity index (χ4v) is 1.73. The van der Waals surface area contributed by atoms with Crippen molar-refractivity contribution >= 4 is 11.4 Å². The van der Waals surface area contributed by atoms with Crippen LogP contribution in [0.1, 0.15) is 5.56 Å². The van der Waals surface area contributed by atoms with E-state index >= 15 is 0 Å². The third-order valence-corrected chi connectivity index (χ3v) is 2.76. The van der Waals surface area contributed by atoms with Crippen LogP contribution in [0.3, 0.4) is 0 Å². The lowest BCUT2D eigenvalue weighted by Gasteiger charge is -2.08. The quantitative estimate of drug-likeness (QED) is 0.672. The smallest absolute Gasteiger partial charge is 0.274 e. The molecule has 0 aliphatic rings. The largest absolute Gasteiger partial charge is 0.380 e. The standard InChI is InChI=1S/C13H13N3O3/c1-15-9-11(6-7-13(15)17)14-8-10-4-2-3-5-12(10)16(18)19/h2-7,9,14H,8H2,1H3. The van der Waals surface area contributed by atoms with Crippen LogP contribution in [0.4, 0.5) is 11.4 Å². The Labute approximate surface area is 109 Å². The van der Waals surface area contributed by atoms with E-state index in [1.807, 2.05) is 0 Å². The van der Waals surface area contributed by atoms with Crippen LogP contribution < -0.4 is 10.9 Å². The van der Waals surface area contributed by atoms with E-state index in [4.69, 9.17) is 0 Å². The van der Waals surface area contributed by atoms with Crippen LogP contribution in [0, 0.1) is 10.1 Å². The molecule has 98 valence electrons. The molecule has 0 bridgehead atoms. The van der Waals surface area contributed by atoms with Gasteiger partial charge in [-0.2, -0.15) is 0 Å². The molecule has 1 aromatic carbocycles. The number of nitro groups is 1. The number of rotatable bonds is 4. The van der Waals surface area contributed by atoms with Crippen molar-refractivity contribution in [2.45, 2.75) is 6.54 Å². The molecule has 19 heavy (non-hydrogen) atoms. The van der Waals surface area contributed by atoms with E-state index < -0.39 is 4.92 Å². The van der Waals surface area contributed by atoms with Crippen LogP contribution in [-0.2, 0) is 13.6 Å². The fraction of sp³-hybridized carbons (Fsp3) is 0.154. The molecule has 0 aliphatic carbocycles. The maximum Gasteiger partial charge on any atom is 0.274 e. The Morgan fingerprint density at radius 2 is 2.00 bits per heavy atom. The maximum atomic E-state index is 11.2. The SMILES string of the molecule is Cn1cc(NCc2ccccc2[N+](=O)[O-])ccc1=O. The first-order valence-corrected chi connectivity index (χ1v) is 5.71. The van der Waals surface area contributed by atoms with Crippen molar-refractivity contribution in [3.63, 3.8) is 0 Å². The van der Waals surface area contributed by atoms with Crippen LogP contribution in [0.5, 0.6) is 0 Å². The molecule has 0 atom stereocenters. The molecule has 0 saturated heterocycles. The molecule has 0 aliphatic heterocycles. The third-order valence-electron chi connectivity index (χ3n) is 2.76. The summed E-state index contributed by atoms with van der Waals surface area (Å²) in [5, 5.41) is 13.9. The number of anilines is 1. The van der Waals surface area contributed by atoms with Gasteiger partial charge in [0, 0.05) is 37.5 Å². The van der Waals surface area contributed by atoms with Gasteiger partial charge in [-0.1, -0.05) is 18.2 Å². The van der Waals surface area contributed by atoms with Gasteiger partial charge in [0.2, 0.25) is 5.56 Å². The van der Waals surface area contributed by atoms with E-state index in [2.05, 4.69) is 5.32 Å². The van der Waals surface area contributed by atoms with Gasteiger partial charge in [0.1, 0.15) is 0 Å². The summed E-state index contributed by atoms with van der Waals surface area (Å²) >= 11 is 0. The second kappa shape index (κ2) is 5.34. The van der Waals surface area contributed by atoms with Crippen molar-refractivity contribution in [2.75, 3.05) is 5.32 Å². The van der Waals surface area contributed by atoms with E-state index in [0.29, 0.717) is 12.1 Å². The molecule has 0 radical (unpaired) electrons. The summed E-state index contributed by atoms with van der Waals surface area (Å²) in [6, 6.07) is 9.66. The summed E-state index contributed by atoms with van der Waals surface area (Å²) in [4.78, 5) is 21.7. The number of pyridine rings is 1. The third kappa shape index (κ3) is 2.98. The molecule has 6 nitrogen and oxygen atoms in total. The highest BCUT2D eigenvalue weighted by Crippen LogP contribution is 2.18. The minimum absolute atomic E-state index is 0.0832. The predicted molar refractivity (Wildman–Crippen MR) is 72.1 cm³/mol. The zero-order chi connectivity index (χ0) is 13.8. The normalized spacial score (nSPS) is 10.2. The molecule has 2 rings (SSSR count). The zero-order valence-electron chi connectivity index (χ0n) is 10.4. The highest BCUT2D eigenvalue weighted by Gasteiger charge is 2.11. The van der Waals surface area contributed by atoms with Crippen molar-refractivity contribution in [2.24, 2.45) is 7.05 Å². The average Bonchev–Trinajstić information content (AvgIpc) is 2.40. The molecule has 1 aromatic heterocycles. The lowest BCUT2D eigenvalue weighted by atomic mass is 10.2. The van der Waals surface area contributed by atoms with Gasteiger partial charge in [-0.15, -0.1) is 0 Å². The van der Waals surface area contributed by atoms with Crippen molar-refractivity contribution in [3.8, 4) is 0 Å². The fourth-order valence-electron chi connectivity index (χ4n) is 1.73. The van der Waals surface area contributed by atoms with Crippen molar-refractivity contribution in [1.29, 1.82) is 0 Å². The van der Waals surface area contributed by atoms with Gasteiger partial charge in [0.05, 0.1) is 10.6 Å². The van der Waals surface area contributed by atoms with Crippen LogP contribution in [0.15, 0.2) is 47.4 Å². The number of benzene rings is 1. The molecule has 1 heterocycles. The number of hydrogen-bond acceptors (Lipinski definition) is 4. The van der Waals surface area contributed by atoms with Gasteiger partial charge in [-0.05, 0) is 6.07 Å². The number of para-hydroxylation sites is 1. The Balaban J connectivity index is 2.16. The summed E-state index contributed by atoms with van der Waals surface area (Å²) in [6.07, 6.45) is 1.65. The molecule has 0 unspecified atom stereocenters. The predicted octanol–water partition coefficient (Wildman–Crippen LogP) is 1.91. The second-order valence-electron chi connectivity index (χ2n) is 4.11. The number of aryl methyl sites for hydroxylation is 1. The highest BCUT2D eigenvalue weighted by atomic mass is 16.6. The lowest BCUT2D eigenvalue weighted by Crippen LogP contribution is -2.15. The summed E-state index contributed by atoms with van der Waals surface area (Å²) < 4.78 is 1.45. The second-order valence-corrected chi connectivity index (χ2v) is 4.11. The summed E-state index contributed by atoms with van der Waals surface area (Å²) in [7, 11) is 1.65. The zero-order valence-corrected chi connectivity index (χ0v) is 10.4. The molecule has 0 amide bonds. The minimum Gasteiger partial charge on any atom is -0.380 e. The molecule has 2 aromatic rings. The number of nitrogens with one attached hydrogen (secondary N) is 1.